The van der Waals surface area contributed by atoms with Gasteiger partial charge in [0.2, 0.25) is 5.82 Å². The summed E-state index contributed by atoms with van der Waals surface area (Å²) in [5, 5.41) is 4.06. The van der Waals surface area contributed by atoms with Gasteiger partial charge in [0.25, 0.3) is 11.8 Å². The molecule has 0 N–H and O–H groups in total. The first kappa shape index (κ1) is 20.9. The van der Waals surface area contributed by atoms with E-state index in [0.717, 1.165) is 30.8 Å². The van der Waals surface area contributed by atoms with Crippen LogP contribution in [0.15, 0.2) is 53.1 Å². The Bertz CT molecular complexity index is 1020. The van der Waals surface area contributed by atoms with Gasteiger partial charge in [0.05, 0.1) is 5.56 Å². The average Bonchev–Trinajstić information content (AvgIpc) is 3.26. The van der Waals surface area contributed by atoms with E-state index in [1.165, 1.54) is 6.42 Å². The molecule has 1 atom stereocenters. The molecule has 1 aliphatic heterocycles. The van der Waals surface area contributed by atoms with Crippen LogP contribution < -0.4 is 9.47 Å². The fourth-order valence-electron chi connectivity index (χ4n) is 3.63. The van der Waals surface area contributed by atoms with Crippen molar-refractivity contribution >= 4 is 5.91 Å². The molecule has 7 nitrogen and oxygen atoms in total. The second kappa shape index (κ2) is 9.64. The van der Waals surface area contributed by atoms with Crippen LogP contribution >= 0.6 is 0 Å². The van der Waals surface area contributed by atoms with Crippen molar-refractivity contribution in [2.75, 3.05) is 19.7 Å². The number of nitrogens with zero attached hydrogens (tertiary/aromatic N) is 3. The number of carbonyl (C=O) groups is 1. The van der Waals surface area contributed by atoms with Crippen molar-refractivity contribution in [2.24, 2.45) is 5.92 Å². The highest BCUT2D eigenvalue weighted by Crippen LogP contribution is 2.28. The van der Waals surface area contributed by atoms with Gasteiger partial charge < -0.3 is 18.9 Å². The molecule has 0 aliphatic carbocycles. The largest absolute Gasteiger partial charge is 0.484 e. The number of aromatic nitrogens is 2. The minimum atomic E-state index is -0.00895. The van der Waals surface area contributed by atoms with Gasteiger partial charge in [-0.2, -0.15) is 4.98 Å². The molecule has 0 spiro atoms. The van der Waals surface area contributed by atoms with E-state index >= 15 is 0 Å². The van der Waals surface area contributed by atoms with Gasteiger partial charge in [0.15, 0.2) is 13.2 Å². The molecule has 0 bridgehead atoms. The van der Waals surface area contributed by atoms with E-state index in [9.17, 15) is 4.79 Å². The summed E-state index contributed by atoms with van der Waals surface area (Å²) in [6, 6.07) is 15.1. The Labute approximate surface area is 182 Å². The molecule has 1 fully saturated rings. The van der Waals surface area contributed by atoms with Crippen LogP contribution in [0.4, 0.5) is 0 Å². The maximum Gasteiger partial charge on any atom is 0.264 e. The van der Waals surface area contributed by atoms with Crippen molar-refractivity contribution in [1.29, 1.82) is 0 Å². The van der Waals surface area contributed by atoms with Crippen LogP contribution in [0.2, 0.25) is 0 Å². The number of carbonyl (C=O) groups excluding carboxylic acids is 1. The van der Waals surface area contributed by atoms with Crippen molar-refractivity contribution in [3.63, 3.8) is 0 Å². The standard InChI is InChI=1S/C24H27N3O4/c1-17-9-11-19(12-10-17)29-15-22-25-24(26-31-22)20-7-3-4-8-21(20)30-16-23(28)27-13-5-6-18(2)14-27/h3-4,7-12,18H,5-6,13-16H2,1-2H3. The number of rotatable bonds is 7. The highest BCUT2D eigenvalue weighted by molar-refractivity contribution is 5.78. The molecule has 31 heavy (non-hydrogen) atoms. The molecule has 0 saturated carbocycles. The van der Waals surface area contributed by atoms with Crippen molar-refractivity contribution in [3.05, 3.63) is 60.0 Å². The molecular weight excluding hydrogens is 394 g/mol. The zero-order valence-corrected chi connectivity index (χ0v) is 17.9. The number of para-hydroxylation sites is 1. The summed E-state index contributed by atoms with van der Waals surface area (Å²) in [6.07, 6.45) is 2.21. The van der Waals surface area contributed by atoms with E-state index in [1.807, 2.05) is 54.3 Å². The van der Waals surface area contributed by atoms with Crippen LogP contribution in [0.25, 0.3) is 11.4 Å². The molecule has 4 rings (SSSR count). The number of piperidine rings is 1. The Morgan fingerprint density at radius 1 is 1.16 bits per heavy atom. The van der Waals surface area contributed by atoms with Gasteiger partial charge in [-0.3, -0.25) is 4.79 Å². The summed E-state index contributed by atoms with van der Waals surface area (Å²) in [4.78, 5) is 18.8. The zero-order chi connectivity index (χ0) is 21.6. The summed E-state index contributed by atoms with van der Waals surface area (Å²) in [5.74, 6) is 2.58. The number of hydrogen-bond donors (Lipinski definition) is 0. The number of hydrogen-bond acceptors (Lipinski definition) is 6. The molecule has 2 aromatic carbocycles. The van der Waals surface area contributed by atoms with Gasteiger partial charge in [-0.25, -0.2) is 0 Å². The smallest absolute Gasteiger partial charge is 0.264 e. The van der Waals surface area contributed by atoms with Crippen LogP contribution in [0.3, 0.4) is 0 Å². The zero-order valence-electron chi connectivity index (χ0n) is 17.9. The third kappa shape index (κ3) is 5.42. The van der Waals surface area contributed by atoms with Crippen LogP contribution in [0, 0.1) is 12.8 Å². The average molecular weight is 421 g/mol. The third-order valence-electron chi connectivity index (χ3n) is 5.34. The normalized spacial score (nSPS) is 16.2. The summed E-state index contributed by atoms with van der Waals surface area (Å²) < 4.78 is 16.9. The van der Waals surface area contributed by atoms with Crippen LogP contribution in [0.5, 0.6) is 11.5 Å². The maximum atomic E-state index is 12.5. The number of benzene rings is 2. The predicted octanol–water partition coefficient (Wildman–Crippen LogP) is 4.26. The molecule has 3 aromatic rings. The van der Waals surface area contributed by atoms with E-state index < -0.39 is 0 Å². The summed E-state index contributed by atoms with van der Waals surface area (Å²) >= 11 is 0. The van der Waals surface area contributed by atoms with Crippen LogP contribution in [-0.4, -0.2) is 40.6 Å². The molecule has 1 saturated heterocycles. The van der Waals surface area contributed by atoms with Gasteiger partial charge in [-0.15, -0.1) is 0 Å². The van der Waals surface area contributed by atoms with E-state index in [4.69, 9.17) is 14.0 Å². The van der Waals surface area contributed by atoms with Crippen molar-refractivity contribution in [3.8, 4) is 22.9 Å². The summed E-state index contributed by atoms with van der Waals surface area (Å²) in [6.45, 7) is 5.94. The summed E-state index contributed by atoms with van der Waals surface area (Å²) in [5.41, 5.74) is 1.84. The van der Waals surface area contributed by atoms with Gasteiger partial charge >= 0.3 is 0 Å². The van der Waals surface area contributed by atoms with Gasteiger partial charge in [0, 0.05) is 13.1 Å². The first-order valence-corrected chi connectivity index (χ1v) is 10.6. The number of amides is 1. The molecule has 1 aliphatic rings. The lowest BCUT2D eigenvalue weighted by Crippen LogP contribution is -2.41. The SMILES string of the molecule is Cc1ccc(OCc2nc(-c3ccccc3OCC(=O)N3CCCC(C)C3)no2)cc1. The van der Waals surface area contributed by atoms with Crippen LogP contribution in [0.1, 0.15) is 31.2 Å². The van der Waals surface area contributed by atoms with E-state index in [-0.39, 0.29) is 19.1 Å². The Balaban J connectivity index is 1.39. The number of likely N-dealkylation sites (tertiary alicyclic amines) is 1. The van der Waals surface area contributed by atoms with Gasteiger partial charge in [-0.1, -0.05) is 41.9 Å². The Hall–Kier alpha value is -3.35. The fourth-order valence-corrected chi connectivity index (χ4v) is 3.63. The van der Waals surface area contributed by atoms with Crippen molar-refractivity contribution in [2.45, 2.75) is 33.3 Å². The third-order valence-corrected chi connectivity index (χ3v) is 5.34. The lowest BCUT2D eigenvalue weighted by molar-refractivity contribution is -0.135. The minimum absolute atomic E-state index is 0.00153. The Morgan fingerprint density at radius 3 is 2.77 bits per heavy atom. The predicted molar refractivity (Wildman–Crippen MR) is 116 cm³/mol. The minimum Gasteiger partial charge on any atom is -0.484 e. The van der Waals surface area contributed by atoms with Crippen LogP contribution in [-0.2, 0) is 11.4 Å². The van der Waals surface area contributed by atoms with E-state index in [1.54, 1.807) is 6.07 Å². The first-order valence-electron chi connectivity index (χ1n) is 10.6. The Morgan fingerprint density at radius 2 is 1.97 bits per heavy atom. The number of ether oxygens (including phenoxy) is 2. The highest BCUT2D eigenvalue weighted by atomic mass is 16.5. The topological polar surface area (TPSA) is 77.7 Å². The Kier molecular flexibility index (Phi) is 6.50. The quantitative estimate of drug-likeness (QED) is 0.567. The van der Waals surface area contributed by atoms with E-state index in [2.05, 4.69) is 17.1 Å². The molecule has 7 heteroatoms. The summed E-state index contributed by atoms with van der Waals surface area (Å²) in [7, 11) is 0. The monoisotopic (exact) mass is 421 g/mol. The highest BCUT2D eigenvalue weighted by Gasteiger charge is 2.22. The molecule has 2 heterocycles. The molecule has 0 radical (unpaired) electrons. The second-order valence-electron chi connectivity index (χ2n) is 7.99. The maximum absolute atomic E-state index is 12.5. The molecule has 1 amide bonds. The lowest BCUT2D eigenvalue weighted by Gasteiger charge is -2.30. The molecule has 1 aromatic heterocycles. The second-order valence-corrected chi connectivity index (χ2v) is 7.99. The fraction of sp³-hybridized carbons (Fsp3) is 0.375. The van der Waals surface area contributed by atoms with Gasteiger partial charge in [-0.05, 0) is 49.9 Å². The van der Waals surface area contributed by atoms with Gasteiger partial charge in [0.1, 0.15) is 11.5 Å². The first-order chi connectivity index (χ1) is 15.1. The lowest BCUT2D eigenvalue weighted by atomic mass is 10.0. The van der Waals surface area contributed by atoms with Crippen molar-refractivity contribution in [1.82, 2.24) is 15.0 Å². The van der Waals surface area contributed by atoms with E-state index in [0.29, 0.717) is 28.9 Å². The molecular formula is C24H27N3O4. The molecule has 1 unspecified atom stereocenters. The van der Waals surface area contributed by atoms with Crippen molar-refractivity contribution < 1.29 is 18.8 Å². The molecule has 162 valence electrons. The number of aryl methyl sites for hydroxylation is 1.